The molecule has 2 rings (SSSR count). The Balaban J connectivity index is 1.90. The van der Waals surface area contributed by atoms with Crippen molar-refractivity contribution in [2.24, 2.45) is 5.92 Å². The Morgan fingerprint density at radius 1 is 1.50 bits per heavy atom. The monoisotopic (exact) mass is 280 g/mol. The molecule has 0 saturated heterocycles. The summed E-state index contributed by atoms with van der Waals surface area (Å²) in [6.45, 7) is 4.08. The number of nitrogens with zero attached hydrogens (tertiary/aromatic N) is 4. The van der Waals surface area contributed by atoms with E-state index in [1.54, 1.807) is 13.1 Å². The molecule has 6 heteroatoms. The van der Waals surface area contributed by atoms with Gasteiger partial charge in [0.05, 0.1) is 12.3 Å². The first-order valence-electron chi connectivity index (χ1n) is 7.31. The largest absolute Gasteiger partial charge is 0.387 e. The van der Waals surface area contributed by atoms with Crippen LogP contribution in [0.1, 0.15) is 51.3 Å². The van der Waals surface area contributed by atoms with Crippen molar-refractivity contribution in [3.05, 3.63) is 11.9 Å². The van der Waals surface area contributed by atoms with Gasteiger partial charge in [0, 0.05) is 13.1 Å². The van der Waals surface area contributed by atoms with E-state index in [-0.39, 0.29) is 12.5 Å². The number of carbonyl (C=O) groups excluding carboxylic acids is 1. The molecule has 0 aliphatic heterocycles. The van der Waals surface area contributed by atoms with Crippen molar-refractivity contribution in [3.8, 4) is 0 Å². The third-order valence-corrected chi connectivity index (χ3v) is 4.21. The van der Waals surface area contributed by atoms with Gasteiger partial charge in [0.25, 0.3) is 0 Å². The second kappa shape index (κ2) is 6.35. The molecular weight excluding hydrogens is 256 g/mol. The number of likely N-dealkylation sites (N-methyl/N-ethyl adjacent to an activating group) is 1. The van der Waals surface area contributed by atoms with Crippen LogP contribution in [0.3, 0.4) is 0 Å². The molecule has 1 N–H and O–H groups in total. The molecule has 1 atom stereocenters. The minimum absolute atomic E-state index is 0.0478. The summed E-state index contributed by atoms with van der Waals surface area (Å²) in [5.41, 5.74) is 0.493. The van der Waals surface area contributed by atoms with Crippen LogP contribution in [0.25, 0.3) is 0 Å². The van der Waals surface area contributed by atoms with E-state index in [2.05, 4.69) is 17.2 Å². The molecule has 1 aliphatic carbocycles. The van der Waals surface area contributed by atoms with Crippen LogP contribution < -0.4 is 0 Å². The summed E-state index contributed by atoms with van der Waals surface area (Å²) in [5.74, 6) is 0.824. The van der Waals surface area contributed by atoms with Gasteiger partial charge in [-0.05, 0) is 38.5 Å². The van der Waals surface area contributed by atoms with Crippen LogP contribution >= 0.6 is 0 Å². The first-order chi connectivity index (χ1) is 9.47. The zero-order valence-electron chi connectivity index (χ0n) is 12.5. The molecule has 0 bridgehead atoms. The molecule has 20 heavy (non-hydrogen) atoms. The Morgan fingerprint density at radius 2 is 2.15 bits per heavy atom. The normalized spacial score (nSPS) is 24.4. The molecule has 1 heterocycles. The van der Waals surface area contributed by atoms with Gasteiger partial charge < -0.3 is 10.0 Å². The van der Waals surface area contributed by atoms with Gasteiger partial charge in [-0.25, -0.2) is 4.68 Å². The number of hydrogen-bond donors (Lipinski definition) is 1. The number of aliphatic hydroxyl groups excluding tert-OH is 1. The molecule has 1 saturated carbocycles. The number of aromatic nitrogens is 3. The zero-order valence-corrected chi connectivity index (χ0v) is 12.5. The minimum Gasteiger partial charge on any atom is -0.387 e. The van der Waals surface area contributed by atoms with Crippen LogP contribution in [-0.4, -0.2) is 44.0 Å². The average Bonchev–Trinajstić information content (AvgIpc) is 2.87. The third kappa shape index (κ3) is 3.56. The molecule has 0 radical (unpaired) electrons. The molecule has 0 aromatic carbocycles. The lowest BCUT2D eigenvalue weighted by molar-refractivity contribution is -0.133. The van der Waals surface area contributed by atoms with Crippen LogP contribution in [0.4, 0.5) is 0 Å². The predicted octanol–water partition coefficient (Wildman–Crippen LogP) is 1.37. The molecule has 112 valence electrons. The predicted molar refractivity (Wildman–Crippen MR) is 74.8 cm³/mol. The Labute approximate surface area is 119 Å². The van der Waals surface area contributed by atoms with Crippen molar-refractivity contribution in [1.82, 2.24) is 19.9 Å². The van der Waals surface area contributed by atoms with E-state index in [1.807, 2.05) is 11.9 Å². The highest BCUT2D eigenvalue weighted by Gasteiger charge is 2.25. The summed E-state index contributed by atoms with van der Waals surface area (Å²) in [6.07, 6.45) is 5.52. The van der Waals surface area contributed by atoms with E-state index in [1.165, 1.54) is 17.5 Å². The molecule has 1 aliphatic rings. The molecule has 0 spiro atoms. The maximum absolute atomic E-state index is 12.2. The molecule has 1 fully saturated rings. The highest BCUT2D eigenvalue weighted by atomic mass is 16.3. The number of hydrogen-bond acceptors (Lipinski definition) is 4. The summed E-state index contributed by atoms with van der Waals surface area (Å²) >= 11 is 0. The van der Waals surface area contributed by atoms with Crippen LogP contribution in [0, 0.1) is 5.92 Å². The van der Waals surface area contributed by atoms with Gasteiger partial charge in [0.1, 0.15) is 12.2 Å². The van der Waals surface area contributed by atoms with Gasteiger partial charge in [-0.1, -0.05) is 12.1 Å². The van der Waals surface area contributed by atoms with E-state index in [0.717, 1.165) is 18.8 Å². The lowest BCUT2D eigenvalue weighted by atomic mass is 9.87. The topological polar surface area (TPSA) is 71.2 Å². The standard InChI is InChI=1S/C14H24N4O2/c1-10-4-6-12(7-5-10)17(3)14(20)9-18-8-13(11(2)19)15-16-18/h8,10-12,19H,4-7,9H2,1-3H3. The Morgan fingerprint density at radius 3 is 2.70 bits per heavy atom. The van der Waals surface area contributed by atoms with Gasteiger partial charge in [-0.2, -0.15) is 0 Å². The van der Waals surface area contributed by atoms with Crippen molar-refractivity contribution in [3.63, 3.8) is 0 Å². The Hall–Kier alpha value is -1.43. The third-order valence-electron chi connectivity index (χ3n) is 4.21. The second-order valence-corrected chi connectivity index (χ2v) is 5.94. The van der Waals surface area contributed by atoms with Crippen molar-refractivity contribution >= 4 is 5.91 Å². The minimum atomic E-state index is -0.656. The first-order valence-corrected chi connectivity index (χ1v) is 7.31. The Kier molecular flexibility index (Phi) is 4.75. The number of rotatable bonds is 4. The highest BCUT2D eigenvalue weighted by Crippen LogP contribution is 2.26. The van der Waals surface area contributed by atoms with Gasteiger partial charge in [-0.15, -0.1) is 5.10 Å². The summed E-state index contributed by atoms with van der Waals surface area (Å²) in [6, 6.07) is 0.346. The average molecular weight is 280 g/mol. The van der Waals surface area contributed by atoms with Crippen LogP contribution in [0.15, 0.2) is 6.20 Å². The summed E-state index contributed by atoms with van der Waals surface area (Å²) in [4.78, 5) is 14.1. The second-order valence-electron chi connectivity index (χ2n) is 5.94. The van der Waals surface area contributed by atoms with Gasteiger partial charge in [0.15, 0.2) is 0 Å². The van der Waals surface area contributed by atoms with Gasteiger partial charge >= 0.3 is 0 Å². The zero-order chi connectivity index (χ0) is 14.7. The fourth-order valence-corrected chi connectivity index (χ4v) is 2.67. The van der Waals surface area contributed by atoms with Gasteiger partial charge in [-0.3, -0.25) is 4.79 Å². The van der Waals surface area contributed by atoms with Crippen LogP contribution in [0.2, 0.25) is 0 Å². The molecule has 1 unspecified atom stereocenters. The summed E-state index contributed by atoms with van der Waals surface area (Å²) in [5, 5.41) is 17.1. The van der Waals surface area contributed by atoms with Crippen LogP contribution in [-0.2, 0) is 11.3 Å². The van der Waals surface area contributed by atoms with E-state index in [4.69, 9.17) is 0 Å². The lowest BCUT2D eigenvalue weighted by Gasteiger charge is -2.33. The van der Waals surface area contributed by atoms with Crippen molar-refractivity contribution in [2.75, 3.05) is 7.05 Å². The van der Waals surface area contributed by atoms with E-state index in [9.17, 15) is 9.90 Å². The van der Waals surface area contributed by atoms with Crippen LogP contribution in [0.5, 0.6) is 0 Å². The summed E-state index contributed by atoms with van der Waals surface area (Å²) in [7, 11) is 1.87. The highest BCUT2D eigenvalue weighted by molar-refractivity contribution is 5.75. The Bertz CT molecular complexity index is 450. The van der Waals surface area contributed by atoms with E-state index >= 15 is 0 Å². The van der Waals surface area contributed by atoms with Gasteiger partial charge in [0.2, 0.25) is 5.91 Å². The van der Waals surface area contributed by atoms with Crippen molar-refractivity contribution in [1.29, 1.82) is 0 Å². The smallest absolute Gasteiger partial charge is 0.244 e. The van der Waals surface area contributed by atoms with E-state index in [0.29, 0.717) is 11.7 Å². The molecular formula is C14H24N4O2. The molecule has 1 amide bonds. The quantitative estimate of drug-likeness (QED) is 0.904. The van der Waals surface area contributed by atoms with Crippen molar-refractivity contribution < 1.29 is 9.90 Å². The number of amides is 1. The fourth-order valence-electron chi connectivity index (χ4n) is 2.67. The molecule has 1 aromatic rings. The van der Waals surface area contributed by atoms with Crippen molar-refractivity contribution in [2.45, 2.75) is 58.2 Å². The maximum atomic E-state index is 12.2. The SMILES string of the molecule is CC1CCC(N(C)C(=O)Cn2cc(C(C)O)nn2)CC1. The fraction of sp³-hybridized carbons (Fsp3) is 0.786. The number of aliphatic hydroxyl groups is 1. The molecule has 6 nitrogen and oxygen atoms in total. The number of carbonyl (C=O) groups is 1. The first kappa shape index (κ1) is 15.0. The maximum Gasteiger partial charge on any atom is 0.244 e. The lowest BCUT2D eigenvalue weighted by Crippen LogP contribution is -2.41. The van der Waals surface area contributed by atoms with E-state index < -0.39 is 6.10 Å². The summed E-state index contributed by atoms with van der Waals surface area (Å²) < 4.78 is 1.49. The molecule has 1 aromatic heterocycles.